The van der Waals surface area contributed by atoms with E-state index in [-0.39, 0.29) is 17.2 Å². The standard InChI is InChI=1S/C16H26N2O2/c1-15(2)9-4-5-12(15)18-10-8-13(19)17-16(3,14(18)20)11-6-7-11/h11-12H,4-10H2,1-3H3,(H,17,19). The fourth-order valence-corrected chi connectivity index (χ4v) is 4.15. The summed E-state index contributed by atoms with van der Waals surface area (Å²) in [5.74, 6) is 0.529. The van der Waals surface area contributed by atoms with E-state index in [0.29, 0.717) is 24.9 Å². The highest BCUT2D eigenvalue weighted by Crippen LogP contribution is 2.45. The number of nitrogens with one attached hydrogen (secondary N) is 1. The molecule has 112 valence electrons. The summed E-state index contributed by atoms with van der Waals surface area (Å²) in [6, 6.07) is 0.292. The van der Waals surface area contributed by atoms with E-state index in [2.05, 4.69) is 19.2 Å². The van der Waals surface area contributed by atoms with Crippen LogP contribution in [0.3, 0.4) is 0 Å². The molecule has 0 spiro atoms. The zero-order chi connectivity index (χ0) is 14.5. The first-order chi connectivity index (χ1) is 9.34. The van der Waals surface area contributed by atoms with Crippen LogP contribution in [0.4, 0.5) is 0 Å². The molecule has 2 atom stereocenters. The van der Waals surface area contributed by atoms with E-state index in [4.69, 9.17) is 0 Å². The maximum atomic E-state index is 13.1. The van der Waals surface area contributed by atoms with E-state index in [1.165, 1.54) is 12.8 Å². The van der Waals surface area contributed by atoms with Crippen molar-refractivity contribution in [2.24, 2.45) is 11.3 Å². The SMILES string of the molecule is CC1(C)CCCC1N1CCC(=O)NC(C)(C2CC2)C1=O. The first-order valence-corrected chi connectivity index (χ1v) is 7.97. The van der Waals surface area contributed by atoms with Crippen LogP contribution < -0.4 is 5.32 Å². The van der Waals surface area contributed by atoms with Crippen molar-refractivity contribution in [3.05, 3.63) is 0 Å². The number of carbonyl (C=O) groups is 2. The highest BCUT2D eigenvalue weighted by atomic mass is 16.2. The second-order valence-corrected chi connectivity index (χ2v) is 7.67. The van der Waals surface area contributed by atoms with Gasteiger partial charge in [-0.3, -0.25) is 9.59 Å². The first kappa shape index (κ1) is 13.9. The Labute approximate surface area is 121 Å². The van der Waals surface area contributed by atoms with Crippen LogP contribution in [0, 0.1) is 11.3 Å². The second kappa shape index (κ2) is 4.47. The van der Waals surface area contributed by atoms with Gasteiger partial charge in [-0.1, -0.05) is 20.3 Å². The molecule has 1 heterocycles. The molecule has 0 radical (unpaired) electrons. The van der Waals surface area contributed by atoms with Gasteiger partial charge in [0.15, 0.2) is 0 Å². The molecule has 2 aliphatic carbocycles. The van der Waals surface area contributed by atoms with E-state index < -0.39 is 5.54 Å². The Hall–Kier alpha value is -1.06. The van der Waals surface area contributed by atoms with E-state index in [1.807, 2.05) is 11.8 Å². The fourth-order valence-electron chi connectivity index (χ4n) is 4.15. The van der Waals surface area contributed by atoms with Crippen molar-refractivity contribution in [2.75, 3.05) is 6.54 Å². The number of hydrogen-bond acceptors (Lipinski definition) is 2. The Balaban J connectivity index is 1.90. The molecule has 3 fully saturated rings. The Morgan fingerprint density at radius 3 is 2.40 bits per heavy atom. The highest BCUT2D eigenvalue weighted by molar-refractivity contribution is 5.94. The summed E-state index contributed by atoms with van der Waals surface area (Å²) in [6.45, 7) is 7.03. The quantitative estimate of drug-likeness (QED) is 0.841. The summed E-state index contributed by atoms with van der Waals surface area (Å²) >= 11 is 0. The van der Waals surface area contributed by atoms with Crippen LogP contribution in [-0.2, 0) is 9.59 Å². The average Bonchev–Trinajstić information content (AvgIpc) is 3.15. The number of hydrogen-bond donors (Lipinski definition) is 1. The maximum Gasteiger partial charge on any atom is 0.248 e. The number of carbonyl (C=O) groups excluding carboxylic acids is 2. The third-order valence-electron chi connectivity index (χ3n) is 5.65. The van der Waals surface area contributed by atoms with E-state index >= 15 is 0 Å². The molecule has 20 heavy (non-hydrogen) atoms. The topological polar surface area (TPSA) is 49.4 Å². The average molecular weight is 278 g/mol. The van der Waals surface area contributed by atoms with Crippen molar-refractivity contribution in [3.63, 3.8) is 0 Å². The predicted molar refractivity (Wildman–Crippen MR) is 77.0 cm³/mol. The van der Waals surface area contributed by atoms with Gasteiger partial charge < -0.3 is 10.2 Å². The van der Waals surface area contributed by atoms with Crippen LogP contribution >= 0.6 is 0 Å². The molecule has 0 aromatic heterocycles. The van der Waals surface area contributed by atoms with Gasteiger partial charge in [-0.05, 0) is 43.9 Å². The van der Waals surface area contributed by atoms with Crippen molar-refractivity contribution in [1.29, 1.82) is 0 Å². The van der Waals surface area contributed by atoms with Crippen LogP contribution in [0.15, 0.2) is 0 Å². The summed E-state index contributed by atoms with van der Waals surface area (Å²) in [5.41, 5.74) is -0.486. The molecule has 3 aliphatic rings. The Morgan fingerprint density at radius 1 is 1.15 bits per heavy atom. The molecule has 3 rings (SSSR count). The molecule has 1 N–H and O–H groups in total. The third kappa shape index (κ3) is 2.13. The van der Waals surface area contributed by atoms with Gasteiger partial charge in [0.05, 0.1) is 0 Å². The Bertz CT molecular complexity index is 442. The van der Waals surface area contributed by atoms with Crippen LogP contribution in [0.25, 0.3) is 0 Å². The molecule has 4 heteroatoms. The van der Waals surface area contributed by atoms with Crippen molar-refractivity contribution in [3.8, 4) is 0 Å². The molecular weight excluding hydrogens is 252 g/mol. The van der Waals surface area contributed by atoms with E-state index in [9.17, 15) is 9.59 Å². The first-order valence-electron chi connectivity index (χ1n) is 7.97. The minimum Gasteiger partial charge on any atom is -0.342 e. The molecule has 1 aliphatic heterocycles. The van der Waals surface area contributed by atoms with Crippen LogP contribution in [-0.4, -0.2) is 34.8 Å². The van der Waals surface area contributed by atoms with Gasteiger partial charge in [0.25, 0.3) is 0 Å². The minimum atomic E-state index is -0.660. The van der Waals surface area contributed by atoms with Gasteiger partial charge in [0.2, 0.25) is 11.8 Å². The van der Waals surface area contributed by atoms with Gasteiger partial charge in [0, 0.05) is 19.0 Å². The van der Waals surface area contributed by atoms with Gasteiger partial charge in [0.1, 0.15) is 5.54 Å². The van der Waals surface area contributed by atoms with Crippen molar-refractivity contribution in [2.45, 2.75) is 70.9 Å². The highest BCUT2D eigenvalue weighted by Gasteiger charge is 2.53. The Kier molecular flexibility index (Phi) is 3.11. The lowest BCUT2D eigenvalue weighted by Gasteiger charge is -2.40. The molecule has 0 bridgehead atoms. The van der Waals surface area contributed by atoms with Gasteiger partial charge >= 0.3 is 0 Å². The normalized spacial score (nSPS) is 37.8. The number of amides is 2. The molecule has 1 saturated heterocycles. The van der Waals surface area contributed by atoms with Gasteiger partial charge in [-0.2, -0.15) is 0 Å². The maximum absolute atomic E-state index is 13.1. The minimum absolute atomic E-state index is 0.0334. The summed E-state index contributed by atoms with van der Waals surface area (Å²) < 4.78 is 0. The largest absolute Gasteiger partial charge is 0.342 e. The molecule has 2 saturated carbocycles. The van der Waals surface area contributed by atoms with Crippen LogP contribution in [0.5, 0.6) is 0 Å². The Morgan fingerprint density at radius 2 is 1.85 bits per heavy atom. The van der Waals surface area contributed by atoms with Crippen LogP contribution in [0.1, 0.15) is 59.3 Å². The lowest BCUT2D eigenvalue weighted by molar-refractivity contribution is -0.142. The van der Waals surface area contributed by atoms with Gasteiger partial charge in [-0.25, -0.2) is 0 Å². The summed E-state index contributed by atoms with van der Waals surface area (Å²) in [4.78, 5) is 27.1. The molecule has 2 amide bonds. The molecule has 0 aromatic carbocycles. The summed E-state index contributed by atoms with van der Waals surface area (Å²) in [6.07, 6.45) is 6.00. The zero-order valence-corrected chi connectivity index (χ0v) is 12.9. The van der Waals surface area contributed by atoms with Gasteiger partial charge in [-0.15, -0.1) is 0 Å². The molecule has 0 aromatic rings. The van der Waals surface area contributed by atoms with Crippen molar-refractivity contribution in [1.82, 2.24) is 10.2 Å². The molecule has 2 unspecified atom stereocenters. The monoisotopic (exact) mass is 278 g/mol. The second-order valence-electron chi connectivity index (χ2n) is 7.67. The number of rotatable bonds is 2. The molecular formula is C16H26N2O2. The third-order valence-corrected chi connectivity index (χ3v) is 5.65. The van der Waals surface area contributed by atoms with Crippen molar-refractivity contribution >= 4 is 11.8 Å². The smallest absolute Gasteiger partial charge is 0.248 e. The zero-order valence-electron chi connectivity index (χ0n) is 12.9. The van der Waals surface area contributed by atoms with E-state index in [1.54, 1.807) is 0 Å². The summed E-state index contributed by atoms with van der Waals surface area (Å²) in [5, 5.41) is 3.02. The van der Waals surface area contributed by atoms with Crippen molar-refractivity contribution < 1.29 is 9.59 Å². The lowest BCUT2D eigenvalue weighted by atomic mass is 9.84. The van der Waals surface area contributed by atoms with E-state index in [0.717, 1.165) is 19.3 Å². The number of nitrogens with zero attached hydrogens (tertiary/aromatic N) is 1. The summed E-state index contributed by atoms with van der Waals surface area (Å²) in [7, 11) is 0. The fraction of sp³-hybridized carbons (Fsp3) is 0.875. The predicted octanol–water partition coefficient (Wildman–Crippen LogP) is 2.08. The molecule has 4 nitrogen and oxygen atoms in total. The lowest BCUT2D eigenvalue weighted by Crippen LogP contribution is -2.59. The van der Waals surface area contributed by atoms with Crippen LogP contribution in [0.2, 0.25) is 0 Å².